The summed E-state index contributed by atoms with van der Waals surface area (Å²) in [6, 6.07) is 4.89. The van der Waals surface area contributed by atoms with Gasteiger partial charge in [-0.2, -0.15) is 26.3 Å². The van der Waals surface area contributed by atoms with Gasteiger partial charge in [-0.15, -0.1) is 0 Å². The summed E-state index contributed by atoms with van der Waals surface area (Å²) in [5.74, 6) is -7.82. The van der Waals surface area contributed by atoms with Gasteiger partial charge in [0.05, 0.1) is 40.2 Å². The quantitative estimate of drug-likeness (QED) is 0.173. The number of alkyl halides is 6. The molecule has 0 aromatic heterocycles. The molecule has 0 spiro atoms. The number of amides is 2. The number of ketones is 2. The highest BCUT2D eigenvalue weighted by atomic mass is 79.9. The summed E-state index contributed by atoms with van der Waals surface area (Å²) < 4.78 is 87.1. The Morgan fingerprint density at radius 3 is 2.18 bits per heavy atom. The van der Waals surface area contributed by atoms with E-state index in [1.165, 1.54) is 25.3 Å². The molecule has 1 aliphatic heterocycles. The Morgan fingerprint density at radius 1 is 0.933 bits per heavy atom. The number of rotatable bonds is 3. The highest BCUT2D eigenvalue weighted by Gasteiger charge is 2.57. The molecule has 7 nitrogen and oxygen atoms in total. The number of allylic oxidation sites excluding steroid dienone is 6. The number of hydrogen-bond donors (Lipinski definition) is 1. The summed E-state index contributed by atoms with van der Waals surface area (Å²) in [4.78, 5) is 54.7. The van der Waals surface area contributed by atoms with Gasteiger partial charge in [0.2, 0.25) is 11.8 Å². The van der Waals surface area contributed by atoms with Crippen LogP contribution in [-0.4, -0.2) is 35.6 Å². The molecular weight excluding hydrogens is 676 g/mol. The number of fused-ring (bicyclic) bond motifs is 3. The third kappa shape index (κ3) is 4.80. The molecule has 45 heavy (non-hydrogen) atoms. The first kappa shape index (κ1) is 30.8. The minimum Gasteiger partial charge on any atom is -0.507 e. The highest BCUT2D eigenvalue weighted by Crippen LogP contribution is 2.58. The van der Waals surface area contributed by atoms with Gasteiger partial charge in [-0.3, -0.25) is 19.2 Å². The topological polar surface area (TPSA) is 101 Å². The number of anilines is 1. The highest BCUT2D eigenvalue weighted by molar-refractivity contribution is 9.12. The summed E-state index contributed by atoms with van der Waals surface area (Å²) in [6.07, 6.45) is -8.11. The number of methoxy groups -OCH3 is 1. The van der Waals surface area contributed by atoms with E-state index in [1.54, 1.807) is 6.08 Å². The second-order valence-corrected chi connectivity index (χ2v) is 11.9. The van der Waals surface area contributed by atoms with Crippen LogP contribution in [0.3, 0.4) is 0 Å². The summed E-state index contributed by atoms with van der Waals surface area (Å²) in [5.41, 5.74) is -3.71. The van der Waals surface area contributed by atoms with E-state index in [4.69, 9.17) is 4.74 Å². The minimum atomic E-state index is -5.21. The maximum Gasteiger partial charge on any atom is 0.416 e. The Morgan fingerprint density at radius 2 is 1.58 bits per heavy atom. The summed E-state index contributed by atoms with van der Waals surface area (Å²) in [5, 5.41) is 11.0. The zero-order valence-corrected chi connectivity index (χ0v) is 24.5. The molecule has 2 amide bonds. The third-order valence-corrected chi connectivity index (χ3v) is 9.30. The van der Waals surface area contributed by atoms with Gasteiger partial charge >= 0.3 is 12.4 Å². The predicted molar refractivity (Wildman–Crippen MR) is 148 cm³/mol. The van der Waals surface area contributed by atoms with Crippen LogP contribution in [0.1, 0.15) is 35.4 Å². The van der Waals surface area contributed by atoms with Crippen molar-refractivity contribution >= 4 is 45.0 Å². The summed E-state index contributed by atoms with van der Waals surface area (Å²) >= 11 is 3.08. The van der Waals surface area contributed by atoms with Crippen molar-refractivity contribution in [1.82, 2.24) is 0 Å². The molecule has 0 radical (unpaired) electrons. The SMILES string of the molecule is COc1cccc(O)c1C1C2=CCC3C(=O)N(c4cc(C(F)(F)F)cc(C(F)(F)F)c4)C(=O)C3C2CC2=C1C(=O)C=C(Br)C2=O. The fourth-order valence-electron chi connectivity index (χ4n) is 6.86. The number of phenols is 1. The fraction of sp³-hybridized carbons (Fsp3) is 0.290. The average molecular weight is 696 g/mol. The largest absolute Gasteiger partial charge is 0.507 e. The van der Waals surface area contributed by atoms with Crippen LogP contribution in [0.4, 0.5) is 32.0 Å². The lowest BCUT2D eigenvalue weighted by atomic mass is 9.59. The molecule has 6 rings (SSSR count). The molecule has 2 aromatic rings. The number of carbonyl (C=O) groups is 4. The zero-order chi connectivity index (χ0) is 32.7. The summed E-state index contributed by atoms with van der Waals surface area (Å²) in [7, 11) is 1.32. The van der Waals surface area contributed by atoms with Crippen molar-refractivity contribution in [2.24, 2.45) is 17.8 Å². The van der Waals surface area contributed by atoms with E-state index in [1.807, 2.05) is 0 Å². The maximum absolute atomic E-state index is 14.0. The molecule has 2 aromatic carbocycles. The van der Waals surface area contributed by atoms with Crippen molar-refractivity contribution in [2.75, 3.05) is 12.0 Å². The van der Waals surface area contributed by atoms with E-state index >= 15 is 0 Å². The van der Waals surface area contributed by atoms with Gasteiger partial charge in [0, 0.05) is 28.7 Å². The number of Topliss-reactive ketones (excluding diaryl/α,β-unsaturated/α-hetero) is 1. The first-order valence-electron chi connectivity index (χ1n) is 13.5. The van der Waals surface area contributed by atoms with E-state index in [-0.39, 0.29) is 51.6 Å². The molecule has 1 N–H and O–H groups in total. The van der Waals surface area contributed by atoms with Crippen LogP contribution in [-0.2, 0) is 31.5 Å². The van der Waals surface area contributed by atoms with Gasteiger partial charge in [0.25, 0.3) is 0 Å². The van der Waals surface area contributed by atoms with E-state index in [0.29, 0.717) is 22.6 Å². The van der Waals surface area contributed by atoms with E-state index < -0.39 is 76.2 Å². The Labute approximate surface area is 259 Å². The number of aromatic hydroxyl groups is 1. The molecule has 14 heteroatoms. The average Bonchev–Trinajstić information content (AvgIpc) is 3.23. The van der Waals surface area contributed by atoms with Crippen LogP contribution in [0.2, 0.25) is 0 Å². The lowest BCUT2D eigenvalue weighted by Crippen LogP contribution is -2.39. The molecule has 4 aliphatic rings. The smallest absolute Gasteiger partial charge is 0.416 e. The number of nitrogens with zero attached hydrogens (tertiary/aromatic N) is 1. The van der Waals surface area contributed by atoms with Crippen molar-refractivity contribution in [3.63, 3.8) is 0 Å². The number of carbonyl (C=O) groups excluding carboxylic acids is 4. The van der Waals surface area contributed by atoms with E-state index in [0.717, 1.165) is 6.08 Å². The Hall–Kier alpha value is -4.20. The molecule has 4 atom stereocenters. The normalized spacial score (nSPS) is 25.1. The Balaban J connectivity index is 1.50. The molecule has 234 valence electrons. The molecular formula is C31H20BrF6NO6. The molecule has 1 fully saturated rings. The van der Waals surface area contributed by atoms with Crippen LogP contribution >= 0.6 is 15.9 Å². The lowest BCUT2D eigenvalue weighted by Gasteiger charge is -2.42. The van der Waals surface area contributed by atoms with Gasteiger partial charge in [-0.1, -0.05) is 17.7 Å². The van der Waals surface area contributed by atoms with Crippen LogP contribution in [0.5, 0.6) is 11.5 Å². The standard InChI is InChI=1S/C31H20BrF6NO6/c1-45-22-4-2-3-20(40)26(22)25-15-5-6-16-23(17(15)10-18-24(25)21(41)11-19(32)27(18)42)29(44)39(28(16)43)14-8-12(30(33,34)35)7-13(9-14)31(36,37)38/h2-5,7-9,11,16-17,23,25,40H,6,10H2,1H3. The Bertz CT molecular complexity index is 1770. The van der Waals surface area contributed by atoms with Crippen LogP contribution in [0.25, 0.3) is 0 Å². The van der Waals surface area contributed by atoms with Gasteiger partial charge in [0.1, 0.15) is 11.5 Å². The molecule has 1 saturated heterocycles. The van der Waals surface area contributed by atoms with Crippen LogP contribution in [0, 0.1) is 17.8 Å². The fourth-order valence-corrected chi connectivity index (χ4v) is 7.31. The molecule has 0 saturated carbocycles. The number of halogens is 7. The van der Waals surface area contributed by atoms with Gasteiger partial charge < -0.3 is 9.84 Å². The van der Waals surface area contributed by atoms with Crippen LogP contribution < -0.4 is 9.64 Å². The lowest BCUT2D eigenvalue weighted by molar-refractivity contribution is -0.143. The van der Waals surface area contributed by atoms with Crippen LogP contribution in [0.15, 0.2) is 69.8 Å². The second kappa shape index (κ2) is 10.4. The van der Waals surface area contributed by atoms with Gasteiger partial charge in [-0.05, 0) is 65.0 Å². The van der Waals surface area contributed by atoms with Crippen molar-refractivity contribution < 1.29 is 55.4 Å². The molecule has 4 unspecified atom stereocenters. The monoisotopic (exact) mass is 695 g/mol. The van der Waals surface area contributed by atoms with E-state index in [9.17, 15) is 50.6 Å². The molecule has 1 heterocycles. The second-order valence-electron chi connectivity index (χ2n) is 11.1. The number of ether oxygens (including phenoxy) is 1. The van der Waals surface area contributed by atoms with Gasteiger partial charge in [0.15, 0.2) is 11.6 Å². The number of benzene rings is 2. The van der Waals surface area contributed by atoms with Crippen molar-refractivity contribution in [3.05, 3.63) is 86.4 Å². The third-order valence-electron chi connectivity index (χ3n) is 8.71. The minimum absolute atomic E-state index is 0.00427. The van der Waals surface area contributed by atoms with Crippen molar-refractivity contribution in [3.8, 4) is 11.5 Å². The summed E-state index contributed by atoms with van der Waals surface area (Å²) in [6.45, 7) is 0. The number of phenolic OH excluding ortho intramolecular Hbond substituents is 1. The molecule has 0 bridgehead atoms. The maximum atomic E-state index is 14.0. The number of hydrogen-bond acceptors (Lipinski definition) is 6. The van der Waals surface area contributed by atoms with E-state index in [2.05, 4.69) is 15.9 Å². The Kier molecular flexibility index (Phi) is 7.14. The predicted octanol–water partition coefficient (Wildman–Crippen LogP) is 6.41. The molecule has 3 aliphatic carbocycles. The first-order valence-corrected chi connectivity index (χ1v) is 14.3. The van der Waals surface area contributed by atoms with Crippen molar-refractivity contribution in [2.45, 2.75) is 31.1 Å². The zero-order valence-electron chi connectivity index (χ0n) is 22.9. The van der Waals surface area contributed by atoms with Gasteiger partial charge in [-0.25, -0.2) is 4.90 Å². The first-order chi connectivity index (χ1) is 21.0. The van der Waals surface area contributed by atoms with Crippen molar-refractivity contribution in [1.29, 1.82) is 0 Å². The number of imide groups is 1.